The minimum absolute atomic E-state index is 0.0984. The molecule has 0 aliphatic rings. The number of alkyl halides is 2. The standard InChI is InChI=1S/C10H10BrClO/c11-9(6-7-12)10(13)8-4-2-1-3-5-8/h1-5,9H,6-7H2/t9-/m0/s1. The Morgan fingerprint density at radius 2 is 2.00 bits per heavy atom. The summed E-state index contributed by atoms with van der Waals surface area (Å²) in [4.78, 5) is 11.5. The molecule has 1 nitrogen and oxygen atoms in total. The summed E-state index contributed by atoms with van der Waals surface area (Å²) in [5, 5.41) is 0. The van der Waals surface area contributed by atoms with Crippen molar-refractivity contribution in [2.24, 2.45) is 0 Å². The molecule has 0 fully saturated rings. The van der Waals surface area contributed by atoms with Gasteiger partial charge in [-0.1, -0.05) is 46.3 Å². The van der Waals surface area contributed by atoms with Crippen LogP contribution in [-0.2, 0) is 0 Å². The minimum atomic E-state index is -0.160. The van der Waals surface area contributed by atoms with Crippen LogP contribution in [0, 0.1) is 0 Å². The first-order chi connectivity index (χ1) is 6.25. The Morgan fingerprint density at radius 3 is 2.54 bits per heavy atom. The van der Waals surface area contributed by atoms with Gasteiger partial charge in [0, 0.05) is 11.4 Å². The van der Waals surface area contributed by atoms with E-state index in [0.717, 1.165) is 5.56 Å². The second-order valence-electron chi connectivity index (χ2n) is 2.68. The van der Waals surface area contributed by atoms with Gasteiger partial charge in [-0.2, -0.15) is 0 Å². The van der Waals surface area contributed by atoms with Gasteiger partial charge in [-0.05, 0) is 6.42 Å². The Morgan fingerprint density at radius 1 is 1.38 bits per heavy atom. The molecule has 0 aromatic heterocycles. The zero-order valence-electron chi connectivity index (χ0n) is 7.04. The van der Waals surface area contributed by atoms with Gasteiger partial charge in [0.2, 0.25) is 0 Å². The highest BCUT2D eigenvalue weighted by molar-refractivity contribution is 9.10. The van der Waals surface area contributed by atoms with E-state index in [-0.39, 0.29) is 10.6 Å². The molecule has 1 aromatic carbocycles. The van der Waals surface area contributed by atoms with E-state index in [0.29, 0.717) is 12.3 Å². The summed E-state index contributed by atoms with van der Waals surface area (Å²) in [6.45, 7) is 0. The third-order valence-electron chi connectivity index (χ3n) is 1.71. The van der Waals surface area contributed by atoms with Crippen molar-refractivity contribution < 1.29 is 4.79 Å². The van der Waals surface area contributed by atoms with Crippen LogP contribution < -0.4 is 0 Å². The van der Waals surface area contributed by atoms with Crippen LogP contribution in [0.2, 0.25) is 0 Å². The van der Waals surface area contributed by atoms with Crippen LogP contribution in [0.4, 0.5) is 0 Å². The first-order valence-electron chi connectivity index (χ1n) is 4.05. The largest absolute Gasteiger partial charge is 0.293 e. The average molecular weight is 262 g/mol. The number of carbonyl (C=O) groups is 1. The van der Waals surface area contributed by atoms with Crippen molar-refractivity contribution in [3.05, 3.63) is 35.9 Å². The summed E-state index contributed by atoms with van der Waals surface area (Å²) in [6, 6.07) is 9.22. The lowest BCUT2D eigenvalue weighted by atomic mass is 10.1. The van der Waals surface area contributed by atoms with Gasteiger partial charge in [0.25, 0.3) is 0 Å². The Labute approximate surface area is 91.2 Å². The van der Waals surface area contributed by atoms with E-state index in [9.17, 15) is 4.79 Å². The fourth-order valence-corrected chi connectivity index (χ4v) is 1.99. The highest BCUT2D eigenvalue weighted by Crippen LogP contribution is 2.13. The topological polar surface area (TPSA) is 17.1 Å². The van der Waals surface area contributed by atoms with Crippen LogP contribution in [0.15, 0.2) is 30.3 Å². The second-order valence-corrected chi connectivity index (χ2v) is 4.16. The number of benzene rings is 1. The molecule has 0 spiro atoms. The normalized spacial score (nSPS) is 12.5. The second kappa shape index (κ2) is 5.40. The van der Waals surface area contributed by atoms with Gasteiger partial charge >= 0.3 is 0 Å². The smallest absolute Gasteiger partial charge is 0.176 e. The van der Waals surface area contributed by atoms with Gasteiger partial charge in [0.05, 0.1) is 4.83 Å². The third kappa shape index (κ3) is 3.12. The Kier molecular flexibility index (Phi) is 4.46. The number of rotatable bonds is 4. The Hall–Kier alpha value is -0.340. The summed E-state index contributed by atoms with van der Waals surface area (Å²) in [7, 11) is 0. The van der Waals surface area contributed by atoms with Crippen molar-refractivity contribution in [1.82, 2.24) is 0 Å². The molecule has 1 rings (SSSR count). The highest BCUT2D eigenvalue weighted by Gasteiger charge is 2.15. The number of ketones is 1. The zero-order chi connectivity index (χ0) is 9.68. The lowest BCUT2D eigenvalue weighted by Gasteiger charge is -2.05. The first kappa shape index (κ1) is 10.7. The van der Waals surface area contributed by atoms with E-state index in [1.807, 2.05) is 30.3 Å². The van der Waals surface area contributed by atoms with Crippen LogP contribution in [0.25, 0.3) is 0 Å². The van der Waals surface area contributed by atoms with Gasteiger partial charge < -0.3 is 0 Å². The Bertz CT molecular complexity index is 274. The molecule has 0 N–H and O–H groups in total. The van der Waals surface area contributed by atoms with Crippen molar-refractivity contribution in [1.29, 1.82) is 0 Å². The summed E-state index contributed by atoms with van der Waals surface area (Å²) < 4.78 is 0. The quantitative estimate of drug-likeness (QED) is 0.600. The molecule has 3 heteroatoms. The number of carbonyl (C=O) groups excluding carboxylic acids is 1. The van der Waals surface area contributed by atoms with Gasteiger partial charge in [0.15, 0.2) is 5.78 Å². The third-order valence-corrected chi connectivity index (χ3v) is 2.80. The van der Waals surface area contributed by atoms with E-state index >= 15 is 0 Å². The number of hydrogen-bond acceptors (Lipinski definition) is 1. The molecule has 0 heterocycles. The molecular formula is C10H10BrClO. The summed E-state index contributed by atoms with van der Waals surface area (Å²) >= 11 is 8.85. The van der Waals surface area contributed by atoms with Crippen LogP contribution >= 0.6 is 27.5 Å². The van der Waals surface area contributed by atoms with E-state index in [1.165, 1.54) is 0 Å². The van der Waals surface area contributed by atoms with Gasteiger partial charge in [-0.25, -0.2) is 0 Å². The summed E-state index contributed by atoms with van der Waals surface area (Å²) in [5.41, 5.74) is 0.731. The van der Waals surface area contributed by atoms with E-state index in [1.54, 1.807) is 0 Å². The molecule has 0 aliphatic carbocycles. The number of hydrogen-bond donors (Lipinski definition) is 0. The molecule has 1 atom stereocenters. The van der Waals surface area contributed by atoms with E-state index < -0.39 is 0 Å². The lowest BCUT2D eigenvalue weighted by molar-refractivity contribution is 0.0990. The molecule has 70 valence electrons. The maximum Gasteiger partial charge on any atom is 0.176 e. The van der Waals surface area contributed by atoms with Gasteiger partial charge in [-0.15, -0.1) is 11.6 Å². The van der Waals surface area contributed by atoms with Crippen LogP contribution in [0.3, 0.4) is 0 Å². The molecule has 0 unspecified atom stereocenters. The molecule has 0 saturated heterocycles. The van der Waals surface area contributed by atoms with Crippen LogP contribution in [0.1, 0.15) is 16.8 Å². The number of Topliss-reactive ketones (excluding diaryl/α,β-unsaturated/α-hetero) is 1. The van der Waals surface area contributed by atoms with Crippen molar-refractivity contribution >= 4 is 33.3 Å². The van der Waals surface area contributed by atoms with Gasteiger partial charge in [-0.3, -0.25) is 4.79 Å². The summed E-state index contributed by atoms with van der Waals surface area (Å²) in [5.74, 6) is 0.593. The fraction of sp³-hybridized carbons (Fsp3) is 0.300. The van der Waals surface area contributed by atoms with Crippen molar-refractivity contribution in [3.63, 3.8) is 0 Å². The van der Waals surface area contributed by atoms with Crippen molar-refractivity contribution in [2.45, 2.75) is 11.2 Å². The fourth-order valence-electron chi connectivity index (χ4n) is 1.01. The predicted molar refractivity (Wildman–Crippen MR) is 58.8 cm³/mol. The lowest BCUT2D eigenvalue weighted by Crippen LogP contribution is -2.14. The molecule has 0 amide bonds. The van der Waals surface area contributed by atoms with Gasteiger partial charge in [0.1, 0.15) is 0 Å². The number of halogens is 2. The maximum absolute atomic E-state index is 11.6. The Balaban J connectivity index is 2.68. The molecule has 0 aliphatic heterocycles. The monoisotopic (exact) mass is 260 g/mol. The van der Waals surface area contributed by atoms with E-state index in [2.05, 4.69) is 15.9 Å². The molecule has 13 heavy (non-hydrogen) atoms. The van der Waals surface area contributed by atoms with Crippen LogP contribution in [-0.4, -0.2) is 16.5 Å². The zero-order valence-corrected chi connectivity index (χ0v) is 9.38. The molecule has 0 radical (unpaired) electrons. The highest BCUT2D eigenvalue weighted by atomic mass is 79.9. The van der Waals surface area contributed by atoms with Crippen molar-refractivity contribution in [3.8, 4) is 0 Å². The molecule has 1 aromatic rings. The average Bonchev–Trinajstić information content (AvgIpc) is 2.18. The molecule has 0 bridgehead atoms. The maximum atomic E-state index is 11.6. The van der Waals surface area contributed by atoms with Crippen LogP contribution in [0.5, 0.6) is 0 Å². The minimum Gasteiger partial charge on any atom is -0.293 e. The molecule has 0 saturated carbocycles. The van der Waals surface area contributed by atoms with Crippen molar-refractivity contribution in [2.75, 3.05) is 5.88 Å². The SMILES string of the molecule is O=C(c1ccccc1)[C@@H](Br)CCCl. The first-order valence-corrected chi connectivity index (χ1v) is 5.50. The molecular weight excluding hydrogens is 251 g/mol. The van der Waals surface area contributed by atoms with E-state index in [4.69, 9.17) is 11.6 Å². The predicted octanol–water partition coefficient (Wildman–Crippen LogP) is 3.26. The summed E-state index contributed by atoms with van der Waals surface area (Å²) in [6.07, 6.45) is 0.662.